The van der Waals surface area contributed by atoms with Gasteiger partial charge in [0.2, 0.25) is 0 Å². The zero-order chi connectivity index (χ0) is 26.3. The van der Waals surface area contributed by atoms with E-state index in [2.05, 4.69) is 25.3 Å². The summed E-state index contributed by atoms with van der Waals surface area (Å²) in [5.74, 6) is -0.100. The molecule has 0 atom stereocenters. The molecule has 0 spiro atoms. The maximum absolute atomic E-state index is 13.7. The number of anilines is 2. The molecule has 4 rings (SSSR count). The lowest BCUT2D eigenvalue weighted by molar-refractivity contribution is -0.142. The third kappa shape index (κ3) is 6.84. The number of aromatic nitrogens is 3. The van der Waals surface area contributed by atoms with Gasteiger partial charge in [0, 0.05) is 36.8 Å². The third-order valence-electron chi connectivity index (χ3n) is 6.02. The smallest absolute Gasteiger partial charge is 0.372 e. The van der Waals surface area contributed by atoms with Crippen molar-refractivity contribution in [1.82, 2.24) is 14.8 Å². The number of carbonyl (C=O) groups excluding carboxylic acids is 1. The molecule has 1 fully saturated rings. The quantitative estimate of drug-likeness (QED) is 0.374. The number of nitrogens with zero attached hydrogens (tertiary/aromatic N) is 5. The fourth-order valence-corrected chi connectivity index (χ4v) is 4.17. The molecular formula is C27H29F3N6O. The van der Waals surface area contributed by atoms with E-state index in [1.165, 1.54) is 24.8 Å². The first-order valence-corrected chi connectivity index (χ1v) is 12.3. The van der Waals surface area contributed by atoms with Gasteiger partial charge in [-0.3, -0.25) is 9.79 Å². The molecule has 1 saturated heterocycles. The number of aryl methyl sites for hydroxylation is 1. The Morgan fingerprint density at radius 3 is 2.62 bits per heavy atom. The van der Waals surface area contributed by atoms with E-state index < -0.39 is 11.9 Å². The first-order chi connectivity index (χ1) is 17.8. The van der Waals surface area contributed by atoms with Gasteiger partial charge in [0.05, 0.1) is 17.6 Å². The summed E-state index contributed by atoms with van der Waals surface area (Å²) in [5.41, 5.74) is 1.06. The SMILES string of the molecule is CC=N/C=C\CCc1cc(C(F)(F)F)n(-c2ccc(NC(=O)c3cccc(N4CCCCC4)c3)nc2)n1. The minimum atomic E-state index is -4.58. The molecule has 1 aromatic carbocycles. The standard InChI is InChI=1S/C27H29F3N6O/c1-2-31-14-5-4-10-21-18-24(27(28,29)30)36(34-21)23-12-13-25(32-19-23)33-26(37)20-9-8-11-22(17-20)35-15-6-3-7-16-35/h2,5,8-9,11-14,17-19H,3-4,6-7,10,15-16H2,1H3,(H,32,33,37)/b14-5-,31-2?. The van der Waals surface area contributed by atoms with Crippen LogP contribution in [0.15, 0.2) is 65.9 Å². The van der Waals surface area contributed by atoms with Crippen LogP contribution in [0.1, 0.15) is 54.4 Å². The summed E-state index contributed by atoms with van der Waals surface area (Å²) in [6, 6.07) is 11.4. The maximum Gasteiger partial charge on any atom is 0.433 e. The summed E-state index contributed by atoms with van der Waals surface area (Å²) in [5, 5.41) is 6.87. The molecule has 194 valence electrons. The Morgan fingerprint density at radius 2 is 1.92 bits per heavy atom. The largest absolute Gasteiger partial charge is 0.433 e. The van der Waals surface area contributed by atoms with Crippen LogP contribution in [0.4, 0.5) is 24.7 Å². The van der Waals surface area contributed by atoms with E-state index in [0.29, 0.717) is 24.1 Å². The predicted molar refractivity (Wildman–Crippen MR) is 138 cm³/mol. The van der Waals surface area contributed by atoms with Crippen molar-refractivity contribution in [3.05, 3.63) is 77.9 Å². The average molecular weight is 511 g/mol. The molecule has 3 heterocycles. The molecular weight excluding hydrogens is 481 g/mol. The molecule has 0 radical (unpaired) electrons. The molecule has 0 aliphatic carbocycles. The summed E-state index contributed by atoms with van der Waals surface area (Å²) in [6.07, 6.45) is 6.00. The molecule has 1 aliphatic heterocycles. The lowest BCUT2D eigenvalue weighted by Crippen LogP contribution is -2.29. The maximum atomic E-state index is 13.7. The number of benzene rings is 1. The summed E-state index contributed by atoms with van der Waals surface area (Å²) in [4.78, 5) is 23.2. The first-order valence-electron chi connectivity index (χ1n) is 12.3. The molecule has 1 amide bonds. The van der Waals surface area contributed by atoms with Gasteiger partial charge in [0.25, 0.3) is 5.91 Å². The number of hydrogen-bond acceptors (Lipinski definition) is 5. The normalized spacial score (nSPS) is 14.5. The second kappa shape index (κ2) is 11.9. The zero-order valence-corrected chi connectivity index (χ0v) is 20.6. The van der Waals surface area contributed by atoms with E-state index in [9.17, 15) is 18.0 Å². The van der Waals surface area contributed by atoms with Gasteiger partial charge >= 0.3 is 6.18 Å². The van der Waals surface area contributed by atoms with Crippen LogP contribution in [0.5, 0.6) is 0 Å². The van der Waals surface area contributed by atoms with Crippen molar-refractivity contribution in [1.29, 1.82) is 0 Å². The number of piperidine rings is 1. The lowest BCUT2D eigenvalue weighted by Gasteiger charge is -2.29. The summed E-state index contributed by atoms with van der Waals surface area (Å²) < 4.78 is 41.8. The number of carbonyl (C=O) groups is 1. The van der Waals surface area contributed by atoms with Gasteiger partial charge in [-0.2, -0.15) is 18.3 Å². The number of aliphatic imine (C=N–C) groups is 1. The average Bonchev–Trinajstić information content (AvgIpc) is 3.35. The highest BCUT2D eigenvalue weighted by molar-refractivity contribution is 6.04. The van der Waals surface area contributed by atoms with Crippen molar-refractivity contribution < 1.29 is 18.0 Å². The van der Waals surface area contributed by atoms with Crippen LogP contribution in [0.2, 0.25) is 0 Å². The van der Waals surface area contributed by atoms with Crippen molar-refractivity contribution in [3.8, 4) is 5.69 Å². The van der Waals surface area contributed by atoms with Crippen molar-refractivity contribution in [2.45, 2.75) is 45.2 Å². The van der Waals surface area contributed by atoms with Gasteiger partial charge in [-0.05, 0) is 75.4 Å². The number of rotatable bonds is 8. The number of alkyl halides is 3. The molecule has 0 saturated carbocycles. The van der Waals surface area contributed by atoms with Crippen LogP contribution < -0.4 is 10.2 Å². The first kappa shape index (κ1) is 26.1. The van der Waals surface area contributed by atoms with Gasteiger partial charge in [0.1, 0.15) is 11.5 Å². The highest BCUT2D eigenvalue weighted by Gasteiger charge is 2.36. The number of nitrogens with one attached hydrogen (secondary N) is 1. The third-order valence-corrected chi connectivity index (χ3v) is 6.02. The van der Waals surface area contributed by atoms with Crippen molar-refractivity contribution in [2.24, 2.45) is 4.99 Å². The molecule has 1 aliphatic rings. The Morgan fingerprint density at radius 1 is 1.11 bits per heavy atom. The van der Waals surface area contributed by atoms with Gasteiger partial charge in [0.15, 0.2) is 0 Å². The van der Waals surface area contributed by atoms with Gasteiger partial charge in [-0.25, -0.2) is 9.67 Å². The van der Waals surface area contributed by atoms with Crippen LogP contribution >= 0.6 is 0 Å². The number of hydrogen-bond donors (Lipinski definition) is 1. The minimum absolute atomic E-state index is 0.148. The van der Waals surface area contributed by atoms with Crippen molar-refractivity contribution >= 4 is 23.6 Å². The van der Waals surface area contributed by atoms with Crippen LogP contribution in [0.3, 0.4) is 0 Å². The Bertz CT molecular complexity index is 1260. The van der Waals surface area contributed by atoms with Gasteiger partial charge < -0.3 is 10.2 Å². The molecule has 10 heteroatoms. The number of halogens is 3. The second-order valence-electron chi connectivity index (χ2n) is 8.71. The Kier molecular flexibility index (Phi) is 8.37. The van der Waals surface area contributed by atoms with Crippen molar-refractivity contribution in [2.75, 3.05) is 23.3 Å². The van der Waals surface area contributed by atoms with E-state index in [1.807, 2.05) is 18.2 Å². The number of pyridine rings is 1. The zero-order valence-electron chi connectivity index (χ0n) is 20.6. The summed E-state index contributed by atoms with van der Waals surface area (Å²) in [6.45, 7) is 3.71. The molecule has 0 unspecified atom stereocenters. The van der Waals surface area contributed by atoms with E-state index in [-0.39, 0.29) is 17.4 Å². The molecule has 37 heavy (non-hydrogen) atoms. The molecule has 3 aromatic rings. The Hall–Kier alpha value is -3.95. The highest BCUT2D eigenvalue weighted by atomic mass is 19.4. The molecule has 0 bridgehead atoms. The molecule has 2 aromatic heterocycles. The summed E-state index contributed by atoms with van der Waals surface area (Å²) >= 11 is 0. The Labute approximate surface area is 213 Å². The van der Waals surface area contributed by atoms with Crippen LogP contribution in [0.25, 0.3) is 5.69 Å². The fraction of sp³-hybridized carbons (Fsp3) is 0.333. The Balaban J connectivity index is 1.47. The lowest BCUT2D eigenvalue weighted by atomic mass is 10.1. The van der Waals surface area contributed by atoms with E-state index in [0.717, 1.165) is 42.4 Å². The predicted octanol–water partition coefficient (Wildman–Crippen LogP) is 6.07. The van der Waals surface area contributed by atoms with Gasteiger partial charge in [-0.15, -0.1) is 0 Å². The van der Waals surface area contributed by atoms with E-state index in [4.69, 9.17) is 0 Å². The monoisotopic (exact) mass is 510 g/mol. The number of amides is 1. The van der Waals surface area contributed by atoms with Crippen LogP contribution in [-0.4, -0.2) is 40.0 Å². The topological polar surface area (TPSA) is 75.4 Å². The molecule has 7 nitrogen and oxygen atoms in total. The van der Waals surface area contributed by atoms with E-state index in [1.54, 1.807) is 31.5 Å². The van der Waals surface area contributed by atoms with Crippen molar-refractivity contribution in [3.63, 3.8) is 0 Å². The molecule has 1 N–H and O–H groups in total. The fourth-order valence-electron chi connectivity index (χ4n) is 4.17. The van der Waals surface area contributed by atoms with Gasteiger partial charge in [-0.1, -0.05) is 12.1 Å². The van der Waals surface area contributed by atoms with E-state index >= 15 is 0 Å². The summed E-state index contributed by atoms with van der Waals surface area (Å²) in [7, 11) is 0. The highest BCUT2D eigenvalue weighted by Crippen LogP contribution is 2.32. The number of allylic oxidation sites excluding steroid dienone is 1. The van der Waals surface area contributed by atoms with Crippen LogP contribution in [0, 0.1) is 0 Å². The van der Waals surface area contributed by atoms with Crippen LogP contribution in [-0.2, 0) is 12.6 Å². The minimum Gasteiger partial charge on any atom is -0.372 e. The second-order valence-corrected chi connectivity index (χ2v) is 8.71.